The molecule has 0 unspecified atom stereocenters. The molecule has 1 aliphatic rings. The second-order valence-electron chi connectivity index (χ2n) is 13.2. The third-order valence-electron chi connectivity index (χ3n) is 9.90. The normalized spacial score (nSPS) is 13.0. The zero-order valence-electron chi connectivity index (χ0n) is 27.3. The number of para-hydroxylation sites is 2. The number of hydrogen-bond donors (Lipinski definition) is 0. The number of fused-ring (bicyclic) bond motifs is 6. The van der Waals surface area contributed by atoms with Crippen LogP contribution < -0.4 is 9.80 Å². The van der Waals surface area contributed by atoms with Crippen molar-refractivity contribution in [3.8, 4) is 11.1 Å². The fourth-order valence-corrected chi connectivity index (χ4v) is 9.16. The van der Waals surface area contributed by atoms with Crippen molar-refractivity contribution in [1.29, 1.82) is 0 Å². The van der Waals surface area contributed by atoms with Crippen LogP contribution in [-0.2, 0) is 5.41 Å². The van der Waals surface area contributed by atoms with Gasteiger partial charge in [-0.2, -0.15) is 0 Å². The monoisotopic (exact) mass is 712 g/mol. The fourth-order valence-electron chi connectivity index (χ4n) is 7.53. The largest absolute Gasteiger partial charge is 0.310 e. The number of halogens is 1. The van der Waals surface area contributed by atoms with Crippen molar-refractivity contribution >= 4 is 81.6 Å². The molecule has 236 valence electrons. The molecule has 4 heteroatoms. The number of anilines is 6. The van der Waals surface area contributed by atoms with Crippen LogP contribution in [-0.4, -0.2) is 0 Å². The van der Waals surface area contributed by atoms with Gasteiger partial charge in [0.25, 0.3) is 0 Å². The second-order valence-corrected chi connectivity index (χ2v) is 15.1. The van der Waals surface area contributed by atoms with Crippen LogP contribution in [0.2, 0.25) is 0 Å². The molecule has 7 aromatic carbocycles. The Morgan fingerprint density at radius 2 is 1.02 bits per heavy atom. The van der Waals surface area contributed by atoms with Crippen molar-refractivity contribution < 1.29 is 0 Å². The van der Waals surface area contributed by atoms with Crippen molar-refractivity contribution in [3.63, 3.8) is 0 Å². The van der Waals surface area contributed by atoms with E-state index in [0.29, 0.717) is 0 Å². The van der Waals surface area contributed by atoms with E-state index < -0.39 is 0 Å². The van der Waals surface area contributed by atoms with E-state index in [0.717, 1.165) is 38.6 Å². The molecule has 0 N–H and O–H groups in total. The molecule has 2 nitrogen and oxygen atoms in total. The van der Waals surface area contributed by atoms with Gasteiger partial charge in [0.15, 0.2) is 0 Å². The summed E-state index contributed by atoms with van der Waals surface area (Å²) in [6, 6.07) is 59.4. The third-order valence-corrected chi connectivity index (χ3v) is 11.7. The van der Waals surface area contributed by atoms with E-state index in [4.69, 9.17) is 0 Å². The average molecular weight is 714 g/mol. The molecule has 0 fully saturated rings. The fraction of sp³-hybridized carbons (Fsp3) is 0.0667. The van der Waals surface area contributed by atoms with Gasteiger partial charge in [-0.1, -0.05) is 98.8 Å². The molecule has 0 saturated carbocycles. The van der Waals surface area contributed by atoms with Crippen LogP contribution in [0.15, 0.2) is 168 Å². The number of rotatable bonds is 6. The Bertz CT molecular complexity index is 2500. The lowest BCUT2D eigenvalue weighted by Crippen LogP contribution is -2.16. The van der Waals surface area contributed by atoms with Crippen LogP contribution in [0.4, 0.5) is 34.1 Å². The Labute approximate surface area is 299 Å². The molecule has 0 aliphatic heterocycles. The minimum atomic E-state index is -0.0835. The van der Waals surface area contributed by atoms with Gasteiger partial charge in [-0.15, -0.1) is 11.3 Å². The smallest absolute Gasteiger partial charge is 0.0605 e. The summed E-state index contributed by atoms with van der Waals surface area (Å²) in [5, 5.41) is 2.58. The zero-order valence-corrected chi connectivity index (χ0v) is 29.7. The first-order chi connectivity index (χ1) is 24.0. The summed E-state index contributed by atoms with van der Waals surface area (Å²) in [5.74, 6) is 0. The van der Waals surface area contributed by atoms with Crippen LogP contribution >= 0.6 is 27.3 Å². The molecule has 0 spiro atoms. The Kier molecular flexibility index (Phi) is 7.19. The van der Waals surface area contributed by atoms with E-state index in [9.17, 15) is 0 Å². The zero-order chi connectivity index (χ0) is 33.1. The van der Waals surface area contributed by atoms with Gasteiger partial charge in [0.2, 0.25) is 0 Å². The first-order valence-corrected chi connectivity index (χ1v) is 18.2. The van der Waals surface area contributed by atoms with E-state index >= 15 is 0 Å². The Hall–Kier alpha value is -5.16. The molecule has 0 amide bonds. The summed E-state index contributed by atoms with van der Waals surface area (Å²) < 4.78 is 3.62. The molecule has 1 heterocycles. The van der Waals surface area contributed by atoms with Gasteiger partial charge in [-0.05, 0) is 117 Å². The molecule has 0 saturated heterocycles. The summed E-state index contributed by atoms with van der Waals surface area (Å²) >= 11 is 5.91. The molecular formula is C45H33BrN2S. The maximum atomic E-state index is 4.06. The topological polar surface area (TPSA) is 6.48 Å². The van der Waals surface area contributed by atoms with Crippen molar-refractivity contribution in [2.24, 2.45) is 0 Å². The van der Waals surface area contributed by atoms with Crippen molar-refractivity contribution in [3.05, 3.63) is 179 Å². The van der Waals surface area contributed by atoms with Gasteiger partial charge in [-0.25, -0.2) is 0 Å². The first-order valence-electron chi connectivity index (χ1n) is 16.6. The van der Waals surface area contributed by atoms with Gasteiger partial charge < -0.3 is 9.80 Å². The minimum absolute atomic E-state index is 0.0835. The first kappa shape index (κ1) is 29.9. The third kappa shape index (κ3) is 4.98. The van der Waals surface area contributed by atoms with Crippen LogP contribution in [0.3, 0.4) is 0 Å². The Morgan fingerprint density at radius 1 is 0.449 bits per heavy atom. The van der Waals surface area contributed by atoms with E-state index in [-0.39, 0.29) is 5.41 Å². The Morgan fingerprint density at radius 3 is 1.80 bits per heavy atom. The second kappa shape index (κ2) is 11.8. The van der Waals surface area contributed by atoms with Gasteiger partial charge in [0.1, 0.15) is 0 Å². The predicted octanol–water partition coefficient (Wildman–Crippen LogP) is 14.1. The summed E-state index contributed by atoms with van der Waals surface area (Å²) in [6.07, 6.45) is 0. The molecular weight excluding hydrogens is 680 g/mol. The predicted molar refractivity (Wildman–Crippen MR) is 214 cm³/mol. The molecule has 0 atom stereocenters. The molecule has 0 radical (unpaired) electrons. The van der Waals surface area contributed by atoms with E-state index in [1.165, 1.54) is 42.4 Å². The number of benzene rings is 7. The molecule has 0 bridgehead atoms. The number of thiophene rings is 1. The van der Waals surface area contributed by atoms with Crippen molar-refractivity contribution in [2.75, 3.05) is 9.80 Å². The van der Waals surface area contributed by atoms with Crippen LogP contribution in [0.25, 0.3) is 31.3 Å². The van der Waals surface area contributed by atoms with Crippen molar-refractivity contribution in [2.45, 2.75) is 19.3 Å². The van der Waals surface area contributed by atoms with E-state index in [1.807, 2.05) is 11.3 Å². The molecule has 9 rings (SSSR count). The van der Waals surface area contributed by atoms with Crippen LogP contribution in [0.5, 0.6) is 0 Å². The van der Waals surface area contributed by atoms with Gasteiger partial charge in [-0.3, -0.25) is 0 Å². The van der Waals surface area contributed by atoms with Gasteiger partial charge in [0.05, 0.1) is 5.69 Å². The number of nitrogens with zero attached hydrogens (tertiary/aromatic N) is 2. The lowest BCUT2D eigenvalue weighted by Gasteiger charge is -2.30. The maximum Gasteiger partial charge on any atom is 0.0605 e. The summed E-state index contributed by atoms with van der Waals surface area (Å²) in [6.45, 7) is 4.68. The highest BCUT2D eigenvalue weighted by molar-refractivity contribution is 9.10. The van der Waals surface area contributed by atoms with Crippen molar-refractivity contribution in [1.82, 2.24) is 0 Å². The van der Waals surface area contributed by atoms with Crippen LogP contribution in [0, 0.1) is 0 Å². The quantitative estimate of drug-likeness (QED) is 0.169. The average Bonchev–Trinajstić information content (AvgIpc) is 3.62. The molecule has 49 heavy (non-hydrogen) atoms. The minimum Gasteiger partial charge on any atom is -0.310 e. The SMILES string of the molecule is CC1(C)c2ccccc2-c2ccc(N(c3ccccc3)c3ccc(N(c4ccccc4)c4ccc5sc6ccccc6c5c4)c(Br)c3)cc21. The lowest BCUT2D eigenvalue weighted by atomic mass is 9.82. The molecule has 1 aliphatic carbocycles. The van der Waals surface area contributed by atoms with Crippen LogP contribution in [0.1, 0.15) is 25.0 Å². The van der Waals surface area contributed by atoms with E-state index in [2.05, 4.69) is 203 Å². The summed E-state index contributed by atoms with van der Waals surface area (Å²) in [4.78, 5) is 4.71. The lowest BCUT2D eigenvalue weighted by molar-refractivity contribution is 0.660. The summed E-state index contributed by atoms with van der Waals surface area (Å²) in [7, 11) is 0. The highest BCUT2D eigenvalue weighted by Crippen LogP contribution is 2.51. The summed E-state index contributed by atoms with van der Waals surface area (Å²) in [5.41, 5.74) is 12.0. The van der Waals surface area contributed by atoms with Gasteiger partial charge >= 0.3 is 0 Å². The van der Waals surface area contributed by atoms with Gasteiger partial charge in [0, 0.05) is 58.5 Å². The van der Waals surface area contributed by atoms with E-state index in [1.54, 1.807) is 0 Å². The Balaban J connectivity index is 1.18. The highest BCUT2D eigenvalue weighted by Gasteiger charge is 2.35. The standard InChI is InChI=1S/C45H33BrN2S/c1-45(2)39-19-11-9-17-35(39)36-24-21-33(28-40(36)45)47(30-13-5-3-6-14-30)34-22-25-42(41(46)29-34)48(31-15-7-4-8-16-31)32-23-26-44-38(27-32)37-18-10-12-20-43(37)49-44/h3-29H,1-2H3. The molecule has 1 aromatic heterocycles. The molecule has 8 aromatic rings. The highest BCUT2D eigenvalue weighted by atomic mass is 79.9. The maximum absolute atomic E-state index is 4.06. The number of hydrogen-bond acceptors (Lipinski definition) is 3.